The van der Waals surface area contributed by atoms with Crippen molar-refractivity contribution in [3.05, 3.63) is 41.3 Å². The molecule has 104 valence electrons. The number of aryl methyl sites for hydroxylation is 1. The van der Waals surface area contributed by atoms with Crippen LogP contribution in [0.1, 0.15) is 18.1 Å². The number of sulfonamides is 1. The topological polar surface area (TPSA) is 98.6 Å². The molecule has 0 fully saturated rings. The Morgan fingerprint density at radius 2 is 2.25 bits per heavy atom. The molecule has 1 aromatic carbocycles. The first-order chi connectivity index (χ1) is 9.49. The van der Waals surface area contributed by atoms with Gasteiger partial charge in [-0.15, -0.1) is 0 Å². The summed E-state index contributed by atoms with van der Waals surface area (Å²) in [6.45, 7) is 1.84. The predicted octanol–water partition coefficient (Wildman–Crippen LogP) is 1.78. The highest BCUT2D eigenvalue weighted by Gasteiger charge is 2.22. The van der Waals surface area contributed by atoms with Gasteiger partial charge in [-0.1, -0.05) is 13.0 Å². The highest BCUT2D eigenvalue weighted by Crippen LogP contribution is 2.22. The van der Waals surface area contributed by atoms with E-state index in [0.29, 0.717) is 12.0 Å². The van der Waals surface area contributed by atoms with Gasteiger partial charge in [-0.05, 0) is 18.6 Å². The fourth-order valence-electron chi connectivity index (χ4n) is 1.69. The Hall–Kier alpha value is -2.40. The Morgan fingerprint density at radius 3 is 2.90 bits per heavy atom. The first-order valence-electron chi connectivity index (χ1n) is 5.73. The monoisotopic (exact) mass is 294 g/mol. The van der Waals surface area contributed by atoms with Crippen LogP contribution in [0.25, 0.3) is 0 Å². The van der Waals surface area contributed by atoms with E-state index < -0.39 is 26.3 Å². The molecule has 0 saturated heterocycles. The molecule has 0 aliphatic rings. The largest absolute Gasteiger partial charge is 0.264 e. The molecule has 1 heterocycles. The summed E-state index contributed by atoms with van der Waals surface area (Å²) in [7, 11) is -4.06. The molecule has 0 bridgehead atoms. The van der Waals surface area contributed by atoms with Crippen LogP contribution in [0.4, 0.5) is 10.2 Å². The minimum absolute atomic E-state index is 0.209. The van der Waals surface area contributed by atoms with Gasteiger partial charge in [0.15, 0.2) is 0 Å². The number of halogens is 1. The predicted molar refractivity (Wildman–Crippen MR) is 69.9 cm³/mol. The molecule has 6 nitrogen and oxygen atoms in total. The van der Waals surface area contributed by atoms with E-state index in [1.54, 1.807) is 6.07 Å². The van der Waals surface area contributed by atoms with Gasteiger partial charge in [0.25, 0.3) is 10.0 Å². The molecule has 0 unspecified atom stereocenters. The number of benzene rings is 1. The molecule has 0 radical (unpaired) electrons. The minimum atomic E-state index is -4.06. The molecule has 0 atom stereocenters. The molecule has 8 heteroatoms. The molecule has 0 spiro atoms. The number of H-pyrrole nitrogens is 1. The van der Waals surface area contributed by atoms with Crippen molar-refractivity contribution in [2.24, 2.45) is 0 Å². The number of rotatable bonds is 4. The van der Waals surface area contributed by atoms with Crippen molar-refractivity contribution in [3.63, 3.8) is 0 Å². The maximum absolute atomic E-state index is 13.5. The van der Waals surface area contributed by atoms with Crippen LogP contribution in [-0.4, -0.2) is 18.6 Å². The Labute approximate surface area is 115 Å². The second-order valence-corrected chi connectivity index (χ2v) is 5.60. The van der Waals surface area contributed by atoms with Crippen molar-refractivity contribution in [3.8, 4) is 6.07 Å². The Balaban J connectivity index is 2.47. The van der Waals surface area contributed by atoms with Gasteiger partial charge in [0.05, 0.1) is 6.20 Å². The van der Waals surface area contributed by atoms with Gasteiger partial charge in [0, 0.05) is 5.56 Å². The summed E-state index contributed by atoms with van der Waals surface area (Å²) in [6, 6.07) is 5.00. The zero-order valence-electron chi connectivity index (χ0n) is 10.5. The number of hydrogen-bond donors (Lipinski definition) is 2. The van der Waals surface area contributed by atoms with Gasteiger partial charge in [-0.2, -0.15) is 10.4 Å². The van der Waals surface area contributed by atoms with Crippen molar-refractivity contribution in [1.29, 1.82) is 5.26 Å². The fourth-order valence-corrected chi connectivity index (χ4v) is 2.92. The normalized spacial score (nSPS) is 11.1. The van der Waals surface area contributed by atoms with E-state index in [4.69, 9.17) is 5.26 Å². The average molecular weight is 294 g/mol. The van der Waals surface area contributed by atoms with E-state index in [9.17, 15) is 12.8 Å². The van der Waals surface area contributed by atoms with Crippen molar-refractivity contribution in [1.82, 2.24) is 10.2 Å². The van der Waals surface area contributed by atoms with E-state index in [-0.39, 0.29) is 5.82 Å². The number of hydrogen-bond acceptors (Lipinski definition) is 4. The molecule has 0 amide bonds. The molecule has 1 aromatic heterocycles. The number of nitriles is 1. The third kappa shape index (κ3) is 2.48. The lowest BCUT2D eigenvalue weighted by Crippen LogP contribution is -2.16. The van der Waals surface area contributed by atoms with E-state index in [2.05, 4.69) is 14.9 Å². The molecule has 0 aliphatic carbocycles. The number of nitrogens with one attached hydrogen (secondary N) is 2. The van der Waals surface area contributed by atoms with Gasteiger partial charge in [-0.3, -0.25) is 9.82 Å². The smallest absolute Gasteiger partial charge is 0.263 e. The standard InChI is InChI=1S/C12H11FN4O2S/c1-2-8-7-15-16-12(8)17-20(18,19)11-5-3-4-10(13)9(11)6-14/h3-5,7H,2H2,1H3,(H2,15,16,17). The molecule has 0 aliphatic heterocycles. The van der Waals surface area contributed by atoms with Crippen molar-refractivity contribution >= 4 is 15.8 Å². The van der Waals surface area contributed by atoms with Crippen LogP contribution in [-0.2, 0) is 16.4 Å². The second-order valence-electron chi connectivity index (χ2n) is 3.95. The summed E-state index contributed by atoms with van der Waals surface area (Å²) in [5.41, 5.74) is 0.154. The summed E-state index contributed by atoms with van der Waals surface area (Å²) in [5.74, 6) is -0.670. The molecule has 2 rings (SSSR count). The zero-order chi connectivity index (χ0) is 14.8. The lowest BCUT2D eigenvalue weighted by molar-refractivity contribution is 0.593. The minimum Gasteiger partial charge on any atom is -0.263 e. The maximum atomic E-state index is 13.5. The van der Waals surface area contributed by atoms with E-state index in [0.717, 1.165) is 6.07 Å². The van der Waals surface area contributed by atoms with E-state index in [1.807, 2.05) is 6.92 Å². The first-order valence-corrected chi connectivity index (χ1v) is 7.21. The van der Waals surface area contributed by atoms with Crippen LogP contribution in [0.5, 0.6) is 0 Å². The third-order valence-electron chi connectivity index (χ3n) is 2.71. The summed E-state index contributed by atoms with van der Waals surface area (Å²) < 4.78 is 40.2. The number of anilines is 1. The maximum Gasteiger partial charge on any atom is 0.264 e. The van der Waals surface area contributed by atoms with Gasteiger partial charge < -0.3 is 0 Å². The lowest BCUT2D eigenvalue weighted by Gasteiger charge is -2.09. The summed E-state index contributed by atoms with van der Waals surface area (Å²) in [5, 5.41) is 15.1. The highest BCUT2D eigenvalue weighted by atomic mass is 32.2. The van der Waals surface area contributed by atoms with Crippen molar-refractivity contribution < 1.29 is 12.8 Å². The first kappa shape index (κ1) is 14.0. The zero-order valence-corrected chi connectivity index (χ0v) is 11.3. The highest BCUT2D eigenvalue weighted by molar-refractivity contribution is 7.92. The number of aromatic nitrogens is 2. The Morgan fingerprint density at radius 1 is 1.50 bits per heavy atom. The van der Waals surface area contributed by atoms with Crippen LogP contribution < -0.4 is 4.72 Å². The molecule has 2 aromatic rings. The van der Waals surface area contributed by atoms with E-state index >= 15 is 0 Å². The van der Waals surface area contributed by atoms with Crippen LogP contribution in [0, 0.1) is 17.1 Å². The van der Waals surface area contributed by atoms with Crippen LogP contribution >= 0.6 is 0 Å². The molecule has 20 heavy (non-hydrogen) atoms. The number of nitrogens with zero attached hydrogens (tertiary/aromatic N) is 2. The molecular formula is C12H11FN4O2S. The van der Waals surface area contributed by atoms with Gasteiger partial charge in [0.2, 0.25) is 0 Å². The van der Waals surface area contributed by atoms with Crippen LogP contribution in [0.15, 0.2) is 29.3 Å². The quantitative estimate of drug-likeness (QED) is 0.898. The Bertz CT molecular complexity index is 777. The van der Waals surface area contributed by atoms with Crippen molar-refractivity contribution in [2.45, 2.75) is 18.2 Å². The van der Waals surface area contributed by atoms with Gasteiger partial charge >= 0.3 is 0 Å². The van der Waals surface area contributed by atoms with Gasteiger partial charge in [-0.25, -0.2) is 12.8 Å². The van der Waals surface area contributed by atoms with Crippen molar-refractivity contribution in [2.75, 3.05) is 4.72 Å². The van der Waals surface area contributed by atoms with Crippen LogP contribution in [0.2, 0.25) is 0 Å². The van der Waals surface area contributed by atoms with Gasteiger partial charge in [0.1, 0.15) is 28.2 Å². The second kappa shape index (κ2) is 5.30. The number of aromatic amines is 1. The lowest BCUT2D eigenvalue weighted by atomic mass is 10.2. The summed E-state index contributed by atoms with van der Waals surface area (Å²) >= 11 is 0. The van der Waals surface area contributed by atoms with Crippen LogP contribution in [0.3, 0.4) is 0 Å². The molecule has 0 saturated carbocycles. The fraction of sp³-hybridized carbons (Fsp3) is 0.167. The average Bonchev–Trinajstić information content (AvgIpc) is 2.84. The Kier molecular flexibility index (Phi) is 3.72. The molecule has 2 N–H and O–H groups in total. The summed E-state index contributed by atoms with van der Waals surface area (Å²) in [4.78, 5) is -0.406. The van der Waals surface area contributed by atoms with E-state index in [1.165, 1.54) is 18.3 Å². The SMILES string of the molecule is CCc1cn[nH]c1NS(=O)(=O)c1cccc(F)c1C#N. The molecular weight excluding hydrogens is 283 g/mol. The third-order valence-corrected chi connectivity index (χ3v) is 4.10. The summed E-state index contributed by atoms with van der Waals surface area (Å²) in [6.07, 6.45) is 2.07.